The van der Waals surface area contributed by atoms with Crippen LogP contribution >= 0.6 is 23.4 Å². The molecule has 22 heavy (non-hydrogen) atoms. The van der Waals surface area contributed by atoms with Crippen LogP contribution in [0.2, 0.25) is 5.02 Å². The van der Waals surface area contributed by atoms with E-state index in [0.717, 1.165) is 16.0 Å². The van der Waals surface area contributed by atoms with Crippen LogP contribution in [-0.4, -0.2) is 18.0 Å². The highest BCUT2D eigenvalue weighted by Gasteiger charge is 2.26. The zero-order valence-electron chi connectivity index (χ0n) is 12.9. The summed E-state index contributed by atoms with van der Waals surface area (Å²) in [6.07, 6.45) is 2.52. The van der Waals surface area contributed by atoms with E-state index < -0.39 is 5.60 Å². The third kappa shape index (κ3) is 4.75. The highest BCUT2D eigenvalue weighted by atomic mass is 35.5. The van der Waals surface area contributed by atoms with Crippen molar-refractivity contribution in [2.75, 3.05) is 12.9 Å². The van der Waals surface area contributed by atoms with Gasteiger partial charge in [0.2, 0.25) is 0 Å². The van der Waals surface area contributed by atoms with Crippen LogP contribution in [0.1, 0.15) is 24.5 Å². The first-order valence-electron chi connectivity index (χ1n) is 7.21. The van der Waals surface area contributed by atoms with Crippen molar-refractivity contribution in [3.8, 4) is 0 Å². The molecule has 0 aliphatic rings. The number of benzene rings is 2. The summed E-state index contributed by atoms with van der Waals surface area (Å²) >= 11 is 7.68. The predicted molar refractivity (Wildman–Crippen MR) is 93.5 cm³/mol. The van der Waals surface area contributed by atoms with Gasteiger partial charge < -0.3 is 9.84 Å². The Balaban J connectivity index is 1.95. The van der Waals surface area contributed by atoms with E-state index in [-0.39, 0.29) is 0 Å². The van der Waals surface area contributed by atoms with Crippen molar-refractivity contribution in [2.24, 2.45) is 0 Å². The Morgan fingerprint density at radius 2 is 1.91 bits per heavy atom. The van der Waals surface area contributed by atoms with Gasteiger partial charge in [-0.15, -0.1) is 11.8 Å². The van der Waals surface area contributed by atoms with E-state index in [1.165, 1.54) is 0 Å². The second-order valence-corrected chi connectivity index (χ2v) is 6.69. The molecule has 1 unspecified atom stereocenters. The number of halogens is 1. The van der Waals surface area contributed by atoms with Gasteiger partial charge in [-0.05, 0) is 42.5 Å². The van der Waals surface area contributed by atoms with Crippen LogP contribution in [0.25, 0.3) is 0 Å². The first-order valence-corrected chi connectivity index (χ1v) is 8.81. The first kappa shape index (κ1) is 17.4. The summed E-state index contributed by atoms with van der Waals surface area (Å²) in [5.41, 5.74) is 1.03. The van der Waals surface area contributed by atoms with Gasteiger partial charge in [-0.2, -0.15) is 0 Å². The molecular formula is C18H21ClO2S. The highest BCUT2D eigenvalue weighted by molar-refractivity contribution is 7.98. The molecular weight excluding hydrogens is 316 g/mol. The average molecular weight is 337 g/mol. The summed E-state index contributed by atoms with van der Waals surface area (Å²) in [5.74, 6) is 0. The van der Waals surface area contributed by atoms with Gasteiger partial charge >= 0.3 is 0 Å². The summed E-state index contributed by atoms with van der Waals surface area (Å²) < 4.78 is 5.68. The molecule has 0 amide bonds. The molecule has 0 saturated carbocycles. The molecule has 1 atom stereocenters. The normalized spacial score (nSPS) is 13.8. The Labute approximate surface area is 141 Å². The van der Waals surface area contributed by atoms with Crippen LogP contribution < -0.4 is 0 Å². The molecule has 2 rings (SSSR count). The molecule has 1 N–H and O–H groups in total. The van der Waals surface area contributed by atoms with Crippen LogP contribution in [0.3, 0.4) is 0 Å². The molecule has 0 spiro atoms. The molecule has 2 aromatic rings. The number of aliphatic hydroxyl groups is 1. The van der Waals surface area contributed by atoms with Gasteiger partial charge in [0.25, 0.3) is 0 Å². The Hall–Kier alpha value is -1.00. The molecule has 0 radical (unpaired) electrons. The predicted octanol–water partition coefficient (Wildman–Crippen LogP) is 4.88. The van der Waals surface area contributed by atoms with Crippen molar-refractivity contribution in [3.05, 3.63) is 64.7 Å². The maximum atomic E-state index is 10.8. The third-order valence-corrected chi connectivity index (χ3v) is 4.62. The molecule has 2 nitrogen and oxygen atoms in total. The highest BCUT2D eigenvalue weighted by Crippen LogP contribution is 2.34. The Bertz CT molecular complexity index is 599. The Morgan fingerprint density at radius 3 is 2.59 bits per heavy atom. The van der Waals surface area contributed by atoms with Crippen LogP contribution in [0.5, 0.6) is 0 Å². The lowest BCUT2D eigenvalue weighted by Gasteiger charge is -2.26. The van der Waals surface area contributed by atoms with E-state index >= 15 is 0 Å². The number of ether oxygens (including phenoxy) is 1. The van der Waals surface area contributed by atoms with Crippen molar-refractivity contribution >= 4 is 23.4 Å². The van der Waals surface area contributed by atoms with Crippen molar-refractivity contribution in [1.82, 2.24) is 0 Å². The maximum Gasteiger partial charge on any atom is 0.0901 e. The van der Waals surface area contributed by atoms with E-state index in [9.17, 15) is 5.11 Å². The summed E-state index contributed by atoms with van der Waals surface area (Å²) in [4.78, 5) is 1.04. The van der Waals surface area contributed by atoms with Crippen LogP contribution in [0.4, 0.5) is 0 Å². The van der Waals surface area contributed by atoms with Crippen LogP contribution in [0, 0.1) is 0 Å². The van der Waals surface area contributed by atoms with Gasteiger partial charge in [0.1, 0.15) is 0 Å². The standard InChI is InChI=1S/C18H21ClO2S/c1-18(20,16-12-15(19)8-9-17(16)22-2)10-11-21-13-14-6-4-3-5-7-14/h3-9,12,20H,10-11,13H2,1-2H3. The average Bonchev–Trinajstić information content (AvgIpc) is 2.52. The molecule has 0 fully saturated rings. The lowest BCUT2D eigenvalue weighted by Crippen LogP contribution is -2.24. The third-order valence-electron chi connectivity index (χ3n) is 3.59. The minimum atomic E-state index is -0.958. The lowest BCUT2D eigenvalue weighted by molar-refractivity contribution is 0.00511. The largest absolute Gasteiger partial charge is 0.385 e. The molecule has 118 valence electrons. The van der Waals surface area contributed by atoms with Gasteiger partial charge in [-0.3, -0.25) is 0 Å². The van der Waals surface area contributed by atoms with Crippen molar-refractivity contribution in [3.63, 3.8) is 0 Å². The number of hydrogen-bond donors (Lipinski definition) is 1. The fourth-order valence-electron chi connectivity index (χ4n) is 2.27. The van der Waals surface area contributed by atoms with E-state index in [1.54, 1.807) is 11.8 Å². The fourth-order valence-corrected chi connectivity index (χ4v) is 3.15. The molecule has 0 aliphatic carbocycles. The van der Waals surface area contributed by atoms with E-state index in [0.29, 0.717) is 24.7 Å². The molecule has 0 aromatic heterocycles. The van der Waals surface area contributed by atoms with Gasteiger partial charge in [0.15, 0.2) is 0 Å². The number of thioether (sulfide) groups is 1. The number of hydrogen-bond acceptors (Lipinski definition) is 3. The maximum absolute atomic E-state index is 10.8. The van der Waals surface area contributed by atoms with Crippen LogP contribution in [-0.2, 0) is 16.9 Å². The van der Waals surface area contributed by atoms with E-state index in [4.69, 9.17) is 16.3 Å². The Kier molecular flexibility index (Phi) is 6.33. The topological polar surface area (TPSA) is 29.5 Å². The minimum absolute atomic E-state index is 0.488. The molecule has 4 heteroatoms. The summed E-state index contributed by atoms with van der Waals surface area (Å²) in [5, 5.41) is 11.4. The smallest absolute Gasteiger partial charge is 0.0901 e. The van der Waals surface area contributed by atoms with Gasteiger partial charge in [0, 0.05) is 16.3 Å². The lowest BCUT2D eigenvalue weighted by atomic mass is 9.93. The fraction of sp³-hybridized carbons (Fsp3) is 0.333. The second-order valence-electron chi connectivity index (χ2n) is 5.41. The quantitative estimate of drug-likeness (QED) is 0.577. The van der Waals surface area contributed by atoms with Gasteiger partial charge in [-0.25, -0.2) is 0 Å². The second kappa shape index (κ2) is 8.02. The van der Waals surface area contributed by atoms with Crippen molar-refractivity contribution in [1.29, 1.82) is 0 Å². The summed E-state index contributed by atoms with van der Waals surface area (Å²) in [6, 6.07) is 15.7. The zero-order chi connectivity index (χ0) is 16.0. The summed E-state index contributed by atoms with van der Waals surface area (Å²) in [6.45, 7) is 2.86. The van der Waals surface area contributed by atoms with E-state index in [1.807, 2.05) is 61.7 Å². The first-order chi connectivity index (χ1) is 10.5. The number of rotatable bonds is 7. The van der Waals surface area contributed by atoms with Gasteiger partial charge in [-0.1, -0.05) is 41.9 Å². The minimum Gasteiger partial charge on any atom is -0.385 e. The zero-order valence-corrected chi connectivity index (χ0v) is 14.5. The van der Waals surface area contributed by atoms with E-state index in [2.05, 4.69) is 0 Å². The molecule has 2 aromatic carbocycles. The molecule has 0 aliphatic heterocycles. The molecule has 0 bridgehead atoms. The van der Waals surface area contributed by atoms with Crippen LogP contribution in [0.15, 0.2) is 53.4 Å². The molecule has 0 saturated heterocycles. The summed E-state index contributed by atoms with van der Waals surface area (Å²) in [7, 11) is 0. The molecule has 0 heterocycles. The monoisotopic (exact) mass is 336 g/mol. The SMILES string of the molecule is CSc1ccc(Cl)cc1C(C)(O)CCOCc1ccccc1. The van der Waals surface area contributed by atoms with Crippen molar-refractivity contribution in [2.45, 2.75) is 30.4 Å². The van der Waals surface area contributed by atoms with Gasteiger partial charge in [0.05, 0.1) is 18.8 Å². The van der Waals surface area contributed by atoms with Crippen molar-refractivity contribution < 1.29 is 9.84 Å². The Morgan fingerprint density at radius 1 is 1.18 bits per heavy atom.